The molecule has 108 valence electrons. The second kappa shape index (κ2) is 6.19. The Morgan fingerprint density at radius 1 is 1.50 bits per heavy atom. The summed E-state index contributed by atoms with van der Waals surface area (Å²) in [6.45, 7) is 2.59. The summed E-state index contributed by atoms with van der Waals surface area (Å²) in [5, 5.41) is 11.0. The first-order valence-corrected chi connectivity index (χ1v) is 6.80. The largest absolute Gasteiger partial charge is 0.370 e. The number of hydrogen-bond acceptors (Lipinski definition) is 4. The highest BCUT2D eigenvalue weighted by molar-refractivity contribution is 6.18. The van der Waals surface area contributed by atoms with Gasteiger partial charge in [0.25, 0.3) is 11.6 Å². The number of hydrogen-bond donors (Lipinski definition) is 0. The van der Waals surface area contributed by atoms with Gasteiger partial charge in [-0.25, -0.2) is 0 Å². The Kier molecular flexibility index (Phi) is 4.57. The SMILES string of the molecule is CC1CN(C(=O)c2ccccc2[N+](=O)[O-])CC(CCl)O1. The Morgan fingerprint density at radius 2 is 2.20 bits per heavy atom. The molecule has 0 aromatic heterocycles. The minimum absolute atomic E-state index is 0.0972. The fourth-order valence-corrected chi connectivity index (χ4v) is 2.45. The van der Waals surface area contributed by atoms with E-state index in [0.717, 1.165) is 0 Å². The van der Waals surface area contributed by atoms with Crippen molar-refractivity contribution >= 4 is 23.2 Å². The quantitative estimate of drug-likeness (QED) is 0.486. The van der Waals surface area contributed by atoms with Gasteiger partial charge in [-0.2, -0.15) is 0 Å². The monoisotopic (exact) mass is 298 g/mol. The molecule has 0 saturated carbocycles. The van der Waals surface area contributed by atoms with Crippen molar-refractivity contribution in [2.75, 3.05) is 19.0 Å². The van der Waals surface area contributed by atoms with Crippen LogP contribution in [-0.4, -0.2) is 46.9 Å². The highest BCUT2D eigenvalue weighted by atomic mass is 35.5. The third-order valence-corrected chi connectivity index (χ3v) is 3.46. The van der Waals surface area contributed by atoms with Gasteiger partial charge >= 0.3 is 0 Å². The fourth-order valence-electron chi connectivity index (χ4n) is 2.28. The van der Waals surface area contributed by atoms with E-state index >= 15 is 0 Å². The molecule has 1 amide bonds. The number of nitro groups is 1. The van der Waals surface area contributed by atoms with E-state index in [9.17, 15) is 14.9 Å². The number of para-hydroxylation sites is 1. The molecular weight excluding hydrogens is 284 g/mol. The van der Waals surface area contributed by atoms with Crippen LogP contribution in [0.15, 0.2) is 24.3 Å². The van der Waals surface area contributed by atoms with Crippen molar-refractivity contribution in [3.05, 3.63) is 39.9 Å². The van der Waals surface area contributed by atoms with E-state index in [1.54, 1.807) is 17.0 Å². The van der Waals surface area contributed by atoms with Crippen molar-refractivity contribution in [3.8, 4) is 0 Å². The Balaban J connectivity index is 2.25. The summed E-state index contributed by atoms with van der Waals surface area (Å²) in [5.74, 6) is -0.0760. The van der Waals surface area contributed by atoms with Crippen molar-refractivity contribution in [2.24, 2.45) is 0 Å². The molecular formula is C13H15ClN2O4. The average Bonchev–Trinajstić information content (AvgIpc) is 2.45. The maximum Gasteiger partial charge on any atom is 0.282 e. The zero-order chi connectivity index (χ0) is 14.7. The molecule has 1 aliphatic heterocycles. The third kappa shape index (κ3) is 3.08. The molecule has 2 atom stereocenters. The summed E-state index contributed by atoms with van der Waals surface area (Å²) < 4.78 is 5.57. The number of nitro benzene ring substituents is 1. The van der Waals surface area contributed by atoms with E-state index in [0.29, 0.717) is 13.1 Å². The first-order valence-electron chi connectivity index (χ1n) is 6.27. The highest BCUT2D eigenvalue weighted by Crippen LogP contribution is 2.22. The molecule has 1 fully saturated rings. The number of nitrogens with zero attached hydrogens (tertiary/aromatic N) is 2. The molecule has 2 unspecified atom stereocenters. The van der Waals surface area contributed by atoms with Gasteiger partial charge in [0.2, 0.25) is 0 Å². The molecule has 20 heavy (non-hydrogen) atoms. The van der Waals surface area contributed by atoms with Crippen LogP contribution in [-0.2, 0) is 4.74 Å². The van der Waals surface area contributed by atoms with Gasteiger partial charge < -0.3 is 9.64 Å². The van der Waals surface area contributed by atoms with Crippen LogP contribution in [0.1, 0.15) is 17.3 Å². The molecule has 0 radical (unpaired) electrons. The first-order chi connectivity index (χ1) is 9.52. The number of rotatable bonds is 3. The van der Waals surface area contributed by atoms with Gasteiger partial charge in [0.1, 0.15) is 5.56 Å². The van der Waals surface area contributed by atoms with Gasteiger partial charge in [0.05, 0.1) is 23.0 Å². The van der Waals surface area contributed by atoms with Crippen LogP contribution < -0.4 is 0 Å². The fraction of sp³-hybridized carbons (Fsp3) is 0.462. The second-order valence-corrected chi connectivity index (χ2v) is 5.02. The van der Waals surface area contributed by atoms with Gasteiger partial charge in [-0.1, -0.05) is 12.1 Å². The number of morpholine rings is 1. The number of alkyl halides is 1. The topological polar surface area (TPSA) is 72.7 Å². The Bertz CT molecular complexity index is 523. The molecule has 6 nitrogen and oxygen atoms in total. The Morgan fingerprint density at radius 3 is 2.85 bits per heavy atom. The maximum absolute atomic E-state index is 12.5. The molecule has 7 heteroatoms. The molecule has 1 saturated heterocycles. The molecule has 2 rings (SSSR count). The lowest BCUT2D eigenvalue weighted by Gasteiger charge is -2.36. The summed E-state index contributed by atoms with van der Waals surface area (Å²) in [7, 11) is 0. The highest BCUT2D eigenvalue weighted by Gasteiger charge is 2.31. The number of benzene rings is 1. The number of carbonyl (C=O) groups is 1. The van der Waals surface area contributed by atoms with Crippen molar-refractivity contribution in [3.63, 3.8) is 0 Å². The zero-order valence-electron chi connectivity index (χ0n) is 11.0. The van der Waals surface area contributed by atoms with E-state index in [2.05, 4.69) is 0 Å². The van der Waals surface area contributed by atoms with Crippen LogP contribution in [0, 0.1) is 10.1 Å². The number of carbonyl (C=O) groups excluding carboxylic acids is 1. The standard InChI is InChI=1S/C13H15ClN2O4/c1-9-7-15(8-10(6-14)20-9)13(17)11-4-2-3-5-12(11)16(18)19/h2-5,9-10H,6-8H2,1H3. The predicted octanol–water partition coefficient (Wildman–Crippen LogP) is 2.06. The van der Waals surface area contributed by atoms with E-state index in [1.165, 1.54) is 12.1 Å². The third-order valence-electron chi connectivity index (χ3n) is 3.12. The number of amides is 1. The summed E-state index contributed by atoms with van der Waals surface area (Å²) in [4.78, 5) is 24.5. The minimum atomic E-state index is -0.545. The summed E-state index contributed by atoms with van der Waals surface area (Å²) in [5.41, 5.74) is -0.0843. The lowest BCUT2D eigenvalue weighted by atomic mass is 10.1. The maximum atomic E-state index is 12.5. The average molecular weight is 299 g/mol. The van der Waals surface area contributed by atoms with Crippen LogP contribution in [0.25, 0.3) is 0 Å². The van der Waals surface area contributed by atoms with Crippen LogP contribution in [0.3, 0.4) is 0 Å². The van der Waals surface area contributed by atoms with Crippen molar-refractivity contribution in [2.45, 2.75) is 19.1 Å². The van der Waals surface area contributed by atoms with Crippen molar-refractivity contribution < 1.29 is 14.5 Å². The summed E-state index contributed by atoms with van der Waals surface area (Å²) in [6.07, 6.45) is -0.383. The Hall–Kier alpha value is -1.66. The van der Waals surface area contributed by atoms with E-state index in [1.807, 2.05) is 6.92 Å². The molecule has 0 bridgehead atoms. The molecule has 0 N–H and O–H groups in total. The van der Waals surface area contributed by atoms with Gasteiger partial charge in [0.15, 0.2) is 0 Å². The summed E-state index contributed by atoms with van der Waals surface area (Å²) >= 11 is 5.77. The van der Waals surface area contributed by atoms with Crippen molar-refractivity contribution in [1.29, 1.82) is 0 Å². The van der Waals surface area contributed by atoms with Crippen molar-refractivity contribution in [1.82, 2.24) is 4.90 Å². The normalized spacial score (nSPS) is 22.6. The number of halogens is 1. The predicted molar refractivity (Wildman–Crippen MR) is 74.1 cm³/mol. The molecule has 1 aromatic carbocycles. The molecule has 1 aromatic rings. The van der Waals surface area contributed by atoms with Crippen LogP contribution in [0.4, 0.5) is 5.69 Å². The lowest BCUT2D eigenvalue weighted by molar-refractivity contribution is -0.385. The second-order valence-electron chi connectivity index (χ2n) is 4.71. The summed E-state index contributed by atoms with van der Waals surface area (Å²) in [6, 6.07) is 5.95. The number of ether oxygens (including phenoxy) is 1. The minimum Gasteiger partial charge on any atom is -0.370 e. The zero-order valence-corrected chi connectivity index (χ0v) is 11.7. The van der Waals surface area contributed by atoms with Crippen LogP contribution in [0.5, 0.6) is 0 Å². The molecule has 0 spiro atoms. The lowest BCUT2D eigenvalue weighted by Crippen LogP contribution is -2.49. The van der Waals surface area contributed by atoms with Gasteiger partial charge in [0, 0.05) is 19.2 Å². The van der Waals surface area contributed by atoms with E-state index < -0.39 is 4.92 Å². The van der Waals surface area contributed by atoms with Crippen LogP contribution in [0.2, 0.25) is 0 Å². The molecule has 0 aliphatic carbocycles. The van der Waals surface area contributed by atoms with Gasteiger partial charge in [-0.3, -0.25) is 14.9 Å². The van der Waals surface area contributed by atoms with Gasteiger partial charge in [-0.05, 0) is 13.0 Å². The van der Waals surface area contributed by atoms with E-state index in [-0.39, 0.29) is 35.2 Å². The smallest absolute Gasteiger partial charge is 0.282 e. The molecule has 1 heterocycles. The van der Waals surface area contributed by atoms with E-state index in [4.69, 9.17) is 16.3 Å². The van der Waals surface area contributed by atoms with Gasteiger partial charge in [-0.15, -0.1) is 11.6 Å². The molecule has 1 aliphatic rings. The van der Waals surface area contributed by atoms with Crippen LogP contribution >= 0.6 is 11.6 Å². The first kappa shape index (κ1) is 14.7. The Labute approximate surface area is 121 Å².